The Hall–Kier alpha value is -1.35. The summed E-state index contributed by atoms with van der Waals surface area (Å²) >= 11 is 0. The molecule has 0 bridgehead atoms. The van der Waals surface area contributed by atoms with E-state index in [9.17, 15) is 4.79 Å². The minimum Gasteiger partial charge on any atom is -0.343 e. The lowest BCUT2D eigenvalue weighted by Crippen LogP contribution is -2.27. The van der Waals surface area contributed by atoms with Gasteiger partial charge in [0.1, 0.15) is 0 Å². The van der Waals surface area contributed by atoms with Gasteiger partial charge in [0.05, 0.1) is 0 Å². The Kier molecular flexibility index (Phi) is 11.1. The van der Waals surface area contributed by atoms with Crippen LogP contribution in [-0.4, -0.2) is 30.4 Å². The first-order chi connectivity index (χ1) is 12.9. The van der Waals surface area contributed by atoms with Crippen LogP contribution in [0.5, 0.6) is 0 Å². The van der Waals surface area contributed by atoms with Crippen LogP contribution in [0.3, 0.4) is 0 Å². The normalized spacial score (nSPS) is 14.1. The molecule has 3 nitrogen and oxygen atoms in total. The monoisotopic (exact) mass is 358 g/mol. The molecule has 1 saturated heterocycles. The summed E-state index contributed by atoms with van der Waals surface area (Å²) in [5.74, 6) is 0.392. The minimum absolute atomic E-state index is 0.392. The summed E-state index contributed by atoms with van der Waals surface area (Å²) in [6.45, 7) is 4.11. The maximum Gasteiger partial charge on any atom is 0.222 e. The molecule has 0 unspecified atom stereocenters. The molecule has 1 amide bonds. The molecule has 1 aromatic rings. The second-order valence-electron chi connectivity index (χ2n) is 7.68. The van der Waals surface area contributed by atoms with Gasteiger partial charge in [0.25, 0.3) is 0 Å². The molecular weight excluding hydrogens is 320 g/mol. The lowest BCUT2D eigenvalue weighted by Gasteiger charge is -2.14. The van der Waals surface area contributed by atoms with Gasteiger partial charge in [-0.25, -0.2) is 0 Å². The van der Waals surface area contributed by atoms with Crippen molar-refractivity contribution in [3.8, 4) is 0 Å². The lowest BCUT2D eigenvalue weighted by atomic mass is 10.1. The Bertz CT molecular complexity index is 468. The number of nitrogens with zero attached hydrogens (tertiary/aromatic N) is 1. The molecular formula is C23H38N2O. The number of hydrogen-bond donors (Lipinski definition) is 1. The van der Waals surface area contributed by atoms with Gasteiger partial charge in [-0.2, -0.15) is 0 Å². The molecule has 2 rings (SSSR count). The number of carbonyl (C=O) groups excluding carboxylic acids is 1. The zero-order valence-corrected chi connectivity index (χ0v) is 16.6. The SMILES string of the molecule is O=C(CCCCCCCCCCCNCc1ccccc1)N1CCCC1. The Morgan fingerprint density at radius 1 is 0.808 bits per heavy atom. The van der Waals surface area contributed by atoms with E-state index in [4.69, 9.17) is 0 Å². The van der Waals surface area contributed by atoms with Gasteiger partial charge in [-0.3, -0.25) is 4.79 Å². The maximum absolute atomic E-state index is 11.9. The zero-order valence-electron chi connectivity index (χ0n) is 16.6. The van der Waals surface area contributed by atoms with Crippen LogP contribution in [0.1, 0.15) is 82.6 Å². The molecule has 0 spiro atoms. The third-order valence-electron chi connectivity index (χ3n) is 5.37. The second-order valence-corrected chi connectivity index (χ2v) is 7.68. The van der Waals surface area contributed by atoms with E-state index in [-0.39, 0.29) is 0 Å². The van der Waals surface area contributed by atoms with E-state index >= 15 is 0 Å². The molecule has 26 heavy (non-hydrogen) atoms. The summed E-state index contributed by atoms with van der Waals surface area (Å²) in [4.78, 5) is 14.0. The summed E-state index contributed by atoms with van der Waals surface area (Å²) < 4.78 is 0. The molecule has 1 fully saturated rings. The second kappa shape index (κ2) is 13.8. The van der Waals surface area contributed by atoms with E-state index in [1.54, 1.807) is 0 Å². The van der Waals surface area contributed by atoms with Crippen molar-refractivity contribution in [2.24, 2.45) is 0 Å². The van der Waals surface area contributed by atoms with E-state index in [0.717, 1.165) is 39.0 Å². The van der Waals surface area contributed by atoms with E-state index in [2.05, 4.69) is 40.5 Å². The van der Waals surface area contributed by atoms with E-state index in [1.807, 2.05) is 0 Å². The third-order valence-corrected chi connectivity index (χ3v) is 5.37. The highest BCUT2D eigenvalue weighted by Gasteiger charge is 2.16. The fourth-order valence-corrected chi connectivity index (χ4v) is 3.72. The number of likely N-dealkylation sites (tertiary alicyclic amines) is 1. The Morgan fingerprint density at radius 2 is 1.38 bits per heavy atom. The van der Waals surface area contributed by atoms with Gasteiger partial charge in [0, 0.05) is 26.1 Å². The van der Waals surface area contributed by atoms with Gasteiger partial charge in [0.2, 0.25) is 5.91 Å². The van der Waals surface area contributed by atoms with Crippen molar-refractivity contribution in [3.63, 3.8) is 0 Å². The van der Waals surface area contributed by atoms with Gasteiger partial charge < -0.3 is 10.2 Å². The summed E-state index contributed by atoms with van der Waals surface area (Å²) in [5.41, 5.74) is 1.37. The molecule has 1 aliphatic heterocycles. The number of benzene rings is 1. The van der Waals surface area contributed by atoms with Crippen LogP contribution in [0.4, 0.5) is 0 Å². The number of unbranched alkanes of at least 4 members (excludes halogenated alkanes) is 8. The fourth-order valence-electron chi connectivity index (χ4n) is 3.72. The molecule has 1 N–H and O–H groups in total. The molecule has 1 heterocycles. The number of rotatable bonds is 14. The van der Waals surface area contributed by atoms with Crippen molar-refractivity contribution < 1.29 is 4.79 Å². The van der Waals surface area contributed by atoms with Crippen LogP contribution in [0, 0.1) is 0 Å². The summed E-state index contributed by atoms with van der Waals surface area (Å²) in [6.07, 6.45) is 14.8. The zero-order chi connectivity index (χ0) is 18.3. The van der Waals surface area contributed by atoms with Crippen LogP contribution in [-0.2, 0) is 11.3 Å². The largest absolute Gasteiger partial charge is 0.343 e. The highest BCUT2D eigenvalue weighted by Crippen LogP contribution is 2.13. The highest BCUT2D eigenvalue weighted by atomic mass is 16.2. The standard InChI is InChI=1S/C23H38N2O/c26-23(25-19-13-14-20-25)17-11-6-4-2-1-3-5-7-12-18-24-21-22-15-9-8-10-16-22/h8-10,15-16,24H,1-7,11-14,17-21H2. The maximum atomic E-state index is 11.9. The summed E-state index contributed by atoms with van der Waals surface area (Å²) in [5, 5.41) is 3.53. The van der Waals surface area contributed by atoms with Crippen LogP contribution in [0.25, 0.3) is 0 Å². The minimum atomic E-state index is 0.392. The van der Waals surface area contributed by atoms with Crippen LogP contribution < -0.4 is 5.32 Å². The Labute approximate surface area is 160 Å². The Morgan fingerprint density at radius 3 is 2.04 bits per heavy atom. The third kappa shape index (κ3) is 9.38. The quantitative estimate of drug-likeness (QED) is 0.458. The van der Waals surface area contributed by atoms with Crippen molar-refractivity contribution in [3.05, 3.63) is 35.9 Å². The molecule has 0 saturated carbocycles. The summed E-state index contributed by atoms with van der Waals surface area (Å²) in [7, 11) is 0. The van der Waals surface area contributed by atoms with Crippen molar-refractivity contribution in [1.82, 2.24) is 10.2 Å². The van der Waals surface area contributed by atoms with Crippen LogP contribution in [0.15, 0.2) is 30.3 Å². The fraction of sp³-hybridized carbons (Fsp3) is 0.696. The van der Waals surface area contributed by atoms with Crippen LogP contribution in [0.2, 0.25) is 0 Å². The average molecular weight is 359 g/mol. The lowest BCUT2D eigenvalue weighted by molar-refractivity contribution is -0.130. The number of nitrogens with one attached hydrogen (secondary N) is 1. The smallest absolute Gasteiger partial charge is 0.222 e. The van der Waals surface area contributed by atoms with Crippen molar-refractivity contribution >= 4 is 5.91 Å². The average Bonchev–Trinajstić information content (AvgIpc) is 3.21. The number of carbonyl (C=O) groups is 1. The molecule has 0 aromatic heterocycles. The van der Waals surface area contributed by atoms with Crippen molar-refractivity contribution in [2.45, 2.75) is 83.6 Å². The summed E-state index contributed by atoms with van der Waals surface area (Å²) in [6, 6.07) is 10.6. The molecule has 0 radical (unpaired) electrons. The van der Waals surface area contributed by atoms with Crippen molar-refractivity contribution in [1.29, 1.82) is 0 Å². The molecule has 0 aliphatic carbocycles. The highest BCUT2D eigenvalue weighted by molar-refractivity contribution is 5.76. The van der Waals surface area contributed by atoms with Gasteiger partial charge in [0.15, 0.2) is 0 Å². The van der Waals surface area contributed by atoms with E-state index < -0.39 is 0 Å². The predicted molar refractivity (Wildman–Crippen MR) is 110 cm³/mol. The van der Waals surface area contributed by atoms with E-state index in [1.165, 1.54) is 69.8 Å². The molecule has 1 aliphatic rings. The van der Waals surface area contributed by atoms with Gasteiger partial charge in [-0.15, -0.1) is 0 Å². The predicted octanol–water partition coefficient (Wildman–Crippen LogP) is 5.30. The first-order valence-corrected chi connectivity index (χ1v) is 10.9. The Balaban J connectivity index is 1.28. The molecule has 3 heteroatoms. The van der Waals surface area contributed by atoms with Gasteiger partial charge in [-0.05, 0) is 37.8 Å². The van der Waals surface area contributed by atoms with E-state index in [0.29, 0.717) is 5.91 Å². The van der Waals surface area contributed by atoms with Gasteiger partial charge >= 0.3 is 0 Å². The molecule has 0 atom stereocenters. The first kappa shape index (κ1) is 21.0. The number of amides is 1. The van der Waals surface area contributed by atoms with Crippen molar-refractivity contribution in [2.75, 3.05) is 19.6 Å². The number of hydrogen-bond acceptors (Lipinski definition) is 2. The topological polar surface area (TPSA) is 32.3 Å². The molecule has 146 valence electrons. The molecule has 1 aromatic carbocycles. The van der Waals surface area contributed by atoms with Gasteiger partial charge in [-0.1, -0.05) is 75.3 Å². The first-order valence-electron chi connectivity index (χ1n) is 10.9. The van der Waals surface area contributed by atoms with Crippen LogP contribution >= 0.6 is 0 Å².